The molecule has 1 amide bonds. The second-order valence-electron chi connectivity index (χ2n) is 7.09. The fourth-order valence-corrected chi connectivity index (χ4v) is 4.85. The topological polar surface area (TPSA) is 91.5 Å². The molecule has 0 spiro atoms. The molecule has 2 heterocycles. The van der Waals surface area contributed by atoms with Crippen LogP contribution in [0.15, 0.2) is 47.5 Å². The smallest absolute Gasteiger partial charge is 0.267 e. The third-order valence-electron chi connectivity index (χ3n) is 5.34. The Morgan fingerprint density at radius 2 is 1.89 bits per heavy atom. The number of carbonyl (C=O) groups excluding carboxylic acids is 1. The zero-order valence-corrected chi connectivity index (χ0v) is 15.8. The van der Waals surface area contributed by atoms with E-state index in [9.17, 15) is 13.2 Å². The van der Waals surface area contributed by atoms with Crippen LogP contribution in [-0.2, 0) is 20.2 Å². The van der Waals surface area contributed by atoms with Crippen LogP contribution in [-0.4, -0.2) is 56.5 Å². The van der Waals surface area contributed by atoms with Crippen LogP contribution in [0.1, 0.15) is 28.9 Å². The van der Waals surface area contributed by atoms with E-state index in [1.54, 1.807) is 0 Å². The van der Waals surface area contributed by atoms with Gasteiger partial charge in [-0.25, -0.2) is 8.42 Å². The SMILES string of the molecule is O=C(NCC1(c2ccccc2)CC1)c1cc(S(=O)(=O)N2CCOCC2)c[nH]1. The van der Waals surface area contributed by atoms with Gasteiger partial charge >= 0.3 is 0 Å². The fraction of sp³-hybridized carbons (Fsp3) is 0.421. The average Bonchev–Trinajstić information content (AvgIpc) is 3.33. The van der Waals surface area contributed by atoms with Gasteiger partial charge in [-0.1, -0.05) is 30.3 Å². The number of ether oxygens (including phenoxy) is 1. The van der Waals surface area contributed by atoms with E-state index in [0.717, 1.165) is 12.8 Å². The molecule has 1 aromatic heterocycles. The molecule has 8 heteroatoms. The van der Waals surface area contributed by atoms with Crippen LogP contribution in [0.25, 0.3) is 0 Å². The fourth-order valence-electron chi connectivity index (χ4n) is 3.45. The summed E-state index contributed by atoms with van der Waals surface area (Å²) in [5.41, 5.74) is 1.49. The third kappa shape index (κ3) is 3.65. The Balaban J connectivity index is 1.42. The summed E-state index contributed by atoms with van der Waals surface area (Å²) < 4.78 is 31.9. The Morgan fingerprint density at radius 1 is 1.19 bits per heavy atom. The number of aromatic nitrogens is 1. The number of carbonyl (C=O) groups is 1. The molecular weight excluding hydrogens is 366 g/mol. The molecule has 2 aromatic rings. The van der Waals surface area contributed by atoms with Gasteiger partial charge in [-0.05, 0) is 24.5 Å². The molecule has 0 bridgehead atoms. The van der Waals surface area contributed by atoms with Gasteiger partial charge < -0.3 is 15.0 Å². The lowest BCUT2D eigenvalue weighted by Gasteiger charge is -2.25. The number of nitrogens with one attached hydrogen (secondary N) is 2. The summed E-state index contributed by atoms with van der Waals surface area (Å²) in [5.74, 6) is -0.291. The van der Waals surface area contributed by atoms with Crippen molar-refractivity contribution in [1.82, 2.24) is 14.6 Å². The zero-order valence-electron chi connectivity index (χ0n) is 15.0. The molecule has 1 saturated carbocycles. The summed E-state index contributed by atoms with van der Waals surface area (Å²) in [6, 6.07) is 11.6. The van der Waals surface area contributed by atoms with Crippen molar-refractivity contribution in [3.05, 3.63) is 53.9 Å². The first-order chi connectivity index (χ1) is 13.0. The van der Waals surface area contributed by atoms with E-state index in [0.29, 0.717) is 32.8 Å². The maximum Gasteiger partial charge on any atom is 0.267 e. The summed E-state index contributed by atoms with van der Waals surface area (Å²) in [4.78, 5) is 15.4. The van der Waals surface area contributed by atoms with Crippen molar-refractivity contribution in [1.29, 1.82) is 0 Å². The number of aromatic amines is 1. The number of amides is 1. The predicted molar refractivity (Wildman–Crippen MR) is 100 cm³/mol. The number of rotatable bonds is 6. The van der Waals surface area contributed by atoms with E-state index >= 15 is 0 Å². The average molecular weight is 389 g/mol. The van der Waals surface area contributed by atoms with Crippen molar-refractivity contribution >= 4 is 15.9 Å². The first-order valence-electron chi connectivity index (χ1n) is 9.11. The minimum Gasteiger partial charge on any atom is -0.379 e. The second-order valence-corrected chi connectivity index (χ2v) is 9.03. The predicted octanol–water partition coefficient (Wildman–Crippen LogP) is 1.50. The van der Waals surface area contributed by atoms with Crippen molar-refractivity contribution in [2.75, 3.05) is 32.8 Å². The molecule has 2 fully saturated rings. The standard InChI is InChI=1S/C19H23N3O4S/c23-18(21-14-19(6-7-19)15-4-2-1-3-5-15)17-12-16(13-20-17)27(24,25)22-8-10-26-11-9-22/h1-5,12-13,20H,6-11,14H2,(H,21,23). The van der Waals surface area contributed by atoms with Crippen LogP contribution in [0.2, 0.25) is 0 Å². The van der Waals surface area contributed by atoms with Crippen LogP contribution in [0, 0.1) is 0 Å². The lowest BCUT2D eigenvalue weighted by molar-refractivity contribution is 0.0730. The maximum absolute atomic E-state index is 12.7. The molecule has 1 aliphatic heterocycles. The molecule has 1 saturated heterocycles. The molecule has 0 atom stereocenters. The van der Waals surface area contributed by atoms with E-state index in [1.165, 1.54) is 22.1 Å². The van der Waals surface area contributed by atoms with E-state index in [2.05, 4.69) is 22.4 Å². The van der Waals surface area contributed by atoms with Crippen molar-refractivity contribution < 1.29 is 17.9 Å². The lowest BCUT2D eigenvalue weighted by Crippen LogP contribution is -2.40. The van der Waals surface area contributed by atoms with Crippen LogP contribution >= 0.6 is 0 Å². The lowest BCUT2D eigenvalue weighted by atomic mass is 9.96. The summed E-state index contributed by atoms with van der Waals surface area (Å²) in [6.45, 7) is 1.97. The van der Waals surface area contributed by atoms with Gasteiger partial charge in [-0.15, -0.1) is 0 Å². The number of morpholine rings is 1. The Morgan fingerprint density at radius 3 is 2.56 bits per heavy atom. The monoisotopic (exact) mass is 389 g/mol. The van der Waals surface area contributed by atoms with Crippen molar-refractivity contribution in [2.45, 2.75) is 23.2 Å². The highest BCUT2D eigenvalue weighted by atomic mass is 32.2. The molecule has 0 radical (unpaired) electrons. The molecule has 2 N–H and O–H groups in total. The van der Waals surface area contributed by atoms with Gasteiger partial charge in [0, 0.05) is 31.2 Å². The Bertz CT molecular complexity index is 913. The van der Waals surface area contributed by atoms with Crippen LogP contribution in [0.5, 0.6) is 0 Å². The first-order valence-corrected chi connectivity index (χ1v) is 10.6. The van der Waals surface area contributed by atoms with E-state index < -0.39 is 10.0 Å². The van der Waals surface area contributed by atoms with Gasteiger partial charge in [-0.3, -0.25) is 4.79 Å². The molecule has 0 unspecified atom stereocenters. The van der Waals surface area contributed by atoms with Crippen LogP contribution in [0.4, 0.5) is 0 Å². The number of nitrogens with zero attached hydrogens (tertiary/aromatic N) is 1. The minimum atomic E-state index is -3.61. The van der Waals surface area contributed by atoms with Crippen LogP contribution in [0.3, 0.4) is 0 Å². The summed E-state index contributed by atoms with van der Waals surface area (Å²) in [7, 11) is -3.61. The first kappa shape index (κ1) is 18.2. The van der Waals surface area contributed by atoms with E-state index in [4.69, 9.17) is 4.74 Å². The molecule has 2 aliphatic rings. The van der Waals surface area contributed by atoms with Crippen molar-refractivity contribution in [3.8, 4) is 0 Å². The Kier molecular flexibility index (Phi) is 4.79. The quantitative estimate of drug-likeness (QED) is 0.783. The summed E-state index contributed by atoms with van der Waals surface area (Å²) in [5, 5.41) is 2.95. The van der Waals surface area contributed by atoms with Gasteiger partial charge in [0.2, 0.25) is 10.0 Å². The second kappa shape index (κ2) is 7.10. The van der Waals surface area contributed by atoms with Crippen molar-refractivity contribution in [2.24, 2.45) is 0 Å². The molecule has 4 rings (SSSR count). The largest absolute Gasteiger partial charge is 0.379 e. The highest BCUT2D eigenvalue weighted by molar-refractivity contribution is 7.89. The maximum atomic E-state index is 12.7. The van der Waals surface area contributed by atoms with Gasteiger partial charge in [0.15, 0.2) is 0 Å². The Labute approximate surface area is 158 Å². The minimum absolute atomic E-state index is 0.00617. The van der Waals surface area contributed by atoms with Gasteiger partial charge in [0.25, 0.3) is 5.91 Å². The number of benzene rings is 1. The third-order valence-corrected chi connectivity index (χ3v) is 7.21. The highest BCUT2D eigenvalue weighted by Gasteiger charge is 2.44. The number of hydrogen-bond donors (Lipinski definition) is 2. The number of sulfonamides is 1. The Hall–Kier alpha value is -2.16. The van der Waals surface area contributed by atoms with Gasteiger partial charge in [0.1, 0.15) is 10.6 Å². The number of hydrogen-bond acceptors (Lipinski definition) is 4. The van der Waals surface area contributed by atoms with Crippen molar-refractivity contribution in [3.63, 3.8) is 0 Å². The molecule has 144 valence electrons. The molecule has 1 aliphatic carbocycles. The molecule has 1 aromatic carbocycles. The van der Waals surface area contributed by atoms with Gasteiger partial charge in [-0.2, -0.15) is 4.31 Å². The van der Waals surface area contributed by atoms with E-state index in [-0.39, 0.29) is 21.9 Å². The van der Waals surface area contributed by atoms with Gasteiger partial charge in [0.05, 0.1) is 13.2 Å². The van der Waals surface area contributed by atoms with E-state index in [1.807, 2.05) is 18.2 Å². The molecule has 27 heavy (non-hydrogen) atoms. The molecular formula is C19H23N3O4S. The highest BCUT2D eigenvalue weighted by Crippen LogP contribution is 2.47. The van der Waals surface area contributed by atoms with Crippen LogP contribution < -0.4 is 5.32 Å². The summed E-state index contributed by atoms with van der Waals surface area (Å²) in [6.07, 6.45) is 3.46. The summed E-state index contributed by atoms with van der Waals surface area (Å²) >= 11 is 0. The normalized spacial score (nSPS) is 19.6. The molecule has 7 nitrogen and oxygen atoms in total. The zero-order chi connectivity index (χ0) is 18.9. The number of H-pyrrole nitrogens is 1.